The fourth-order valence-electron chi connectivity index (χ4n) is 7.86. The van der Waals surface area contributed by atoms with E-state index in [-0.39, 0.29) is 57.4 Å². The quantitative estimate of drug-likeness (QED) is 0.0268. The second-order valence-electron chi connectivity index (χ2n) is 17.5. The van der Waals surface area contributed by atoms with Gasteiger partial charge in [0.05, 0.1) is 82.6 Å². The van der Waals surface area contributed by atoms with Gasteiger partial charge in [-0.3, -0.25) is 4.79 Å². The SMILES string of the molecule is COc1ccc(C(OC[C@H]2O[C@@H](CCCc3cn(COC(=O)C(C)(C)C)cn3)[C@H](OCCC#N)[C@@H]2OP(OCCC#N)N(C(C)C)C(C)C)(c2ccccc2)c2ccc(OC)cc2)cc1. The summed E-state index contributed by atoms with van der Waals surface area (Å²) in [6.07, 6.45) is 3.37. The van der Waals surface area contributed by atoms with Gasteiger partial charge in [0.15, 0.2) is 6.73 Å². The number of carbonyl (C=O) groups excluding carboxylic acids is 1. The molecule has 1 unspecified atom stereocenters. The lowest BCUT2D eigenvalue weighted by Gasteiger charge is -2.39. The number of ether oxygens (including phenoxy) is 6. The van der Waals surface area contributed by atoms with E-state index >= 15 is 0 Å². The molecule has 14 nitrogen and oxygen atoms in total. The third kappa shape index (κ3) is 13.6. The smallest absolute Gasteiger partial charge is 0.312 e. The monoisotopic (exact) mass is 911 g/mol. The number of aromatic nitrogens is 2. The first-order valence-electron chi connectivity index (χ1n) is 22.3. The molecule has 1 saturated heterocycles. The third-order valence-corrected chi connectivity index (χ3v) is 13.1. The van der Waals surface area contributed by atoms with E-state index in [1.54, 1.807) is 25.1 Å². The van der Waals surface area contributed by atoms with Crippen molar-refractivity contribution in [1.29, 1.82) is 10.5 Å². The molecule has 0 radical (unpaired) electrons. The lowest BCUT2D eigenvalue weighted by atomic mass is 9.80. The van der Waals surface area contributed by atoms with Crippen molar-refractivity contribution in [3.8, 4) is 23.6 Å². The van der Waals surface area contributed by atoms with Crippen LogP contribution in [0.15, 0.2) is 91.4 Å². The van der Waals surface area contributed by atoms with Crippen LogP contribution in [0.2, 0.25) is 0 Å². The van der Waals surface area contributed by atoms with E-state index < -0.39 is 44.0 Å². The first-order valence-corrected chi connectivity index (χ1v) is 23.4. The fraction of sp³-hybridized carbons (Fsp3) is 0.520. The minimum atomic E-state index is -1.74. The van der Waals surface area contributed by atoms with Crippen LogP contribution >= 0.6 is 8.53 Å². The molecule has 350 valence electrons. The summed E-state index contributed by atoms with van der Waals surface area (Å²) in [4.78, 5) is 17.0. The van der Waals surface area contributed by atoms with E-state index in [9.17, 15) is 15.3 Å². The summed E-state index contributed by atoms with van der Waals surface area (Å²) < 4.78 is 55.3. The van der Waals surface area contributed by atoms with Gasteiger partial charge in [-0.15, -0.1) is 0 Å². The predicted octanol–water partition coefficient (Wildman–Crippen LogP) is 9.51. The van der Waals surface area contributed by atoms with E-state index in [1.165, 1.54) is 0 Å². The predicted molar refractivity (Wildman–Crippen MR) is 248 cm³/mol. The lowest BCUT2D eigenvalue weighted by Crippen LogP contribution is -2.43. The lowest BCUT2D eigenvalue weighted by molar-refractivity contribution is -0.156. The van der Waals surface area contributed by atoms with Crippen molar-refractivity contribution in [2.24, 2.45) is 5.41 Å². The summed E-state index contributed by atoms with van der Waals surface area (Å²) in [5.74, 6) is 1.12. The van der Waals surface area contributed by atoms with Gasteiger partial charge >= 0.3 is 5.97 Å². The largest absolute Gasteiger partial charge is 0.497 e. The normalized spacial score (nSPS) is 18.1. The van der Waals surface area contributed by atoms with Crippen LogP contribution < -0.4 is 9.47 Å². The number of hydrogen-bond acceptors (Lipinski definition) is 13. The molecule has 65 heavy (non-hydrogen) atoms. The molecule has 0 N–H and O–H groups in total. The summed E-state index contributed by atoms with van der Waals surface area (Å²) in [6.45, 7) is 14.3. The third-order valence-electron chi connectivity index (χ3n) is 11.0. The summed E-state index contributed by atoms with van der Waals surface area (Å²) in [5.41, 5.74) is 1.72. The number of nitriles is 2. The number of nitrogens with zero attached hydrogens (tertiary/aromatic N) is 5. The number of aryl methyl sites for hydroxylation is 1. The molecule has 5 atom stereocenters. The second-order valence-corrected chi connectivity index (χ2v) is 18.9. The highest BCUT2D eigenvalue weighted by molar-refractivity contribution is 7.44. The van der Waals surface area contributed by atoms with Crippen LogP contribution in [0.3, 0.4) is 0 Å². The first kappa shape index (κ1) is 51.1. The minimum absolute atomic E-state index is 0.0432. The van der Waals surface area contributed by atoms with Crippen molar-refractivity contribution < 1.29 is 42.3 Å². The zero-order valence-electron chi connectivity index (χ0n) is 39.3. The molecule has 0 saturated carbocycles. The van der Waals surface area contributed by atoms with Crippen molar-refractivity contribution in [3.05, 3.63) is 114 Å². The van der Waals surface area contributed by atoms with Crippen LogP contribution in [0.5, 0.6) is 11.5 Å². The Morgan fingerprint density at radius 2 is 1.42 bits per heavy atom. The molecule has 0 aliphatic carbocycles. The molecular weight excluding hydrogens is 846 g/mol. The van der Waals surface area contributed by atoms with Gasteiger partial charge in [0, 0.05) is 18.3 Å². The molecule has 1 fully saturated rings. The van der Waals surface area contributed by atoms with Gasteiger partial charge in [0.1, 0.15) is 35.4 Å². The first-order chi connectivity index (χ1) is 31.2. The number of benzene rings is 3. The Morgan fingerprint density at radius 1 is 0.831 bits per heavy atom. The van der Waals surface area contributed by atoms with Crippen molar-refractivity contribution in [2.45, 2.75) is 129 Å². The zero-order chi connectivity index (χ0) is 47.0. The average Bonchev–Trinajstić information content (AvgIpc) is 3.89. The van der Waals surface area contributed by atoms with E-state index in [1.807, 2.05) is 93.7 Å². The standard InChI is InChI=1S/C50H66N5O9P/c1-36(2)55(37(3)4)65(62-31-15-29-52)64-47-45(63-44(46(47)59-30-14-28-51)19-13-18-41-32-54(34-53-41)35-60-48(56)49(5,6)7)33-61-50(38-16-11-10-12-17-38,39-20-24-42(57-8)25-21-39)40-22-26-43(58-9)27-23-40/h10-12,16-17,20-27,32,34,36-37,44-47H,13-15,18-19,30-31,33,35H2,1-9H3/t44-,45+,46-,47+,65?/m0/s1. The number of methoxy groups -OCH3 is 2. The van der Waals surface area contributed by atoms with E-state index in [0.717, 1.165) is 22.4 Å². The number of hydrogen-bond donors (Lipinski definition) is 0. The molecule has 15 heteroatoms. The van der Waals surface area contributed by atoms with Crippen molar-refractivity contribution in [1.82, 2.24) is 14.2 Å². The van der Waals surface area contributed by atoms with Gasteiger partial charge < -0.3 is 42.0 Å². The highest BCUT2D eigenvalue weighted by Crippen LogP contribution is 2.50. The van der Waals surface area contributed by atoms with E-state index in [0.29, 0.717) is 30.8 Å². The molecule has 1 aromatic heterocycles. The maximum absolute atomic E-state index is 12.4. The second kappa shape index (κ2) is 24.6. The summed E-state index contributed by atoms with van der Waals surface area (Å²) in [6, 6.07) is 30.3. The molecule has 0 bridgehead atoms. The Bertz CT molecular complexity index is 2080. The molecule has 1 aliphatic heterocycles. The molecular formula is C50H66N5O9P. The van der Waals surface area contributed by atoms with Crippen LogP contribution in [0, 0.1) is 28.1 Å². The van der Waals surface area contributed by atoms with Crippen LogP contribution in [-0.4, -0.2) is 90.7 Å². The number of carbonyl (C=O) groups is 1. The van der Waals surface area contributed by atoms with Crippen LogP contribution in [0.1, 0.15) is 96.5 Å². The summed E-state index contributed by atoms with van der Waals surface area (Å²) in [7, 11) is 1.54. The topological polar surface area (TPSA) is 160 Å². The maximum atomic E-state index is 12.4. The molecule has 1 aliphatic rings. The highest BCUT2D eigenvalue weighted by atomic mass is 31.2. The van der Waals surface area contributed by atoms with Crippen molar-refractivity contribution in [2.75, 3.05) is 34.0 Å². The Hall–Kier alpha value is -4.89. The molecule has 0 amide bonds. The Morgan fingerprint density at radius 3 is 1.97 bits per heavy atom. The minimum Gasteiger partial charge on any atom is -0.497 e. The van der Waals surface area contributed by atoms with Gasteiger partial charge in [0.25, 0.3) is 8.53 Å². The number of imidazole rings is 1. The number of esters is 1. The van der Waals surface area contributed by atoms with Crippen molar-refractivity contribution in [3.63, 3.8) is 0 Å². The molecule has 3 aromatic carbocycles. The van der Waals surface area contributed by atoms with Gasteiger partial charge in [-0.25, -0.2) is 9.65 Å². The zero-order valence-corrected chi connectivity index (χ0v) is 40.2. The Kier molecular flexibility index (Phi) is 19.3. The number of rotatable bonds is 25. The van der Waals surface area contributed by atoms with Crippen LogP contribution in [-0.2, 0) is 51.5 Å². The van der Waals surface area contributed by atoms with E-state index in [2.05, 4.69) is 61.6 Å². The Labute approximate surface area is 386 Å². The van der Waals surface area contributed by atoms with Crippen LogP contribution in [0.4, 0.5) is 0 Å². The molecule has 4 aromatic rings. The van der Waals surface area contributed by atoms with Gasteiger partial charge in [0.2, 0.25) is 0 Å². The van der Waals surface area contributed by atoms with Gasteiger partial charge in [-0.05, 0) is 109 Å². The molecule has 5 rings (SSSR count). The summed E-state index contributed by atoms with van der Waals surface area (Å²) in [5, 5.41) is 19.1. The molecule has 0 spiro atoms. The fourth-order valence-corrected chi connectivity index (χ4v) is 9.63. The summed E-state index contributed by atoms with van der Waals surface area (Å²) >= 11 is 0. The Balaban J connectivity index is 1.54. The van der Waals surface area contributed by atoms with Gasteiger partial charge in [-0.1, -0.05) is 54.6 Å². The molecule has 2 heterocycles. The highest BCUT2D eigenvalue weighted by Gasteiger charge is 2.50. The van der Waals surface area contributed by atoms with E-state index in [4.69, 9.17) is 37.5 Å². The van der Waals surface area contributed by atoms with Crippen LogP contribution in [0.25, 0.3) is 0 Å². The van der Waals surface area contributed by atoms with Gasteiger partial charge in [-0.2, -0.15) is 10.5 Å². The average molecular weight is 912 g/mol. The maximum Gasteiger partial charge on any atom is 0.312 e. The van der Waals surface area contributed by atoms with Crippen molar-refractivity contribution >= 4 is 14.5 Å².